The summed E-state index contributed by atoms with van der Waals surface area (Å²) < 4.78 is 0. The molecule has 0 amide bonds. The number of rotatable bonds is 1. The first-order valence-electron chi connectivity index (χ1n) is 5.78. The van der Waals surface area contributed by atoms with Gasteiger partial charge in [-0.05, 0) is 22.3 Å². The fraction of sp³-hybridized carbons (Fsp3) is 0.600. The molecule has 0 heterocycles. The molecule has 0 aliphatic heterocycles. The summed E-state index contributed by atoms with van der Waals surface area (Å²) in [5, 5.41) is 0. The Hall–Kier alpha value is -0.780. The van der Waals surface area contributed by atoms with Crippen molar-refractivity contribution in [3.8, 4) is 0 Å². The summed E-state index contributed by atoms with van der Waals surface area (Å²) in [7, 11) is 0. The zero-order valence-corrected chi connectivity index (χ0v) is 11.0. The first-order chi connectivity index (χ1) is 6.73. The molecule has 0 nitrogen and oxygen atoms in total. The molecular formula is C15H24. The van der Waals surface area contributed by atoms with Gasteiger partial charge in [0.1, 0.15) is 0 Å². The van der Waals surface area contributed by atoms with Gasteiger partial charge >= 0.3 is 0 Å². The van der Waals surface area contributed by atoms with E-state index < -0.39 is 0 Å². The monoisotopic (exact) mass is 204 g/mol. The normalized spacial score (nSPS) is 13.3. The minimum atomic E-state index is 0.305. The van der Waals surface area contributed by atoms with E-state index in [1.165, 1.54) is 5.56 Å². The molecule has 0 N–H and O–H groups in total. The van der Waals surface area contributed by atoms with Crippen LogP contribution in [-0.4, -0.2) is 0 Å². The van der Waals surface area contributed by atoms with Gasteiger partial charge in [0.25, 0.3) is 0 Å². The number of benzene rings is 1. The molecule has 15 heavy (non-hydrogen) atoms. The van der Waals surface area contributed by atoms with Crippen molar-refractivity contribution in [1.29, 1.82) is 0 Å². The van der Waals surface area contributed by atoms with E-state index in [-0.39, 0.29) is 0 Å². The molecule has 0 unspecified atom stereocenters. The molecule has 0 heteroatoms. The van der Waals surface area contributed by atoms with Crippen molar-refractivity contribution in [3.63, 3.8) is 0 Å². The van der Waals surface area contributed by atoms with Gasteiger partial charge in [0.15, 0.2) is 0 Å². The van der Waals surface area contributed by atoms with Crippen molar-refractivity contribution < 1.29 is 0 Å². The Morgan fingerprint density at radius 2 is 1.13 bits per heavy atom. The molecule has 0 aromatic heterocycles. The molecule has 1 aromatic carbocycles. The van der Waals surface area contributed by atoms with Crippen molar-refractivity contribution in [3.05, 3.63) is 35.9 Å². The Morgan fingerprint density at radius 1 is 0.733 bits per heavy atom. The lowest BCUT2D eigenvalue weighted by Gasteiger charge is -2.41. The smallest absolute Gasteiger partial charge is 0.00646 e. The average Bonchev–Trinajstić information content (AvgIpc) is 2.00. The van der Waals surface area contributed by atoms with Crippen LogP contribution in [0, 0.1) is 10.8 Å². The standard InChI is InChI=1S/C15H24/c1-14(2,3)13(15(4,5)6)12-10-8-7-9-11-12/h7-11,13H,1-6H3. The van der Waals surface area contributed by atoms with Gasteiger partial charge in [0.2, 0.25) is 0 Å². The maximum Gasteiger partial charge on any atom is -0.00646 e. The summed E-state index contributed by atoms with van der Waals surface area (Å²) in [4.78, 5) is 0. The van der Waals surface area contributed by atoms with Gasteiger partial charge in [-0.15, -0.1) is 0 Å². The zero-order valence-electron chi connectivity index (χ0n) is 11.0. The Bertz CT molecular complexity index is 281. The van der Waals surface area contributed by atoms with Gasteiger partial charge in [0, 0.05) is 0 Å². The molecule has 84 valence electrons. The Kier molecular flexibility index (Phi) is 3.28. The van der Waals surface area contributed by atoms with E-state index in [0.29, 0.717) is 16.7 Å². The maximum atomic E-state index is 2.33. The molecule has 0 spiro atoms. The van der Waals surface area contributed by atoms with E-state index in [4.69, 9.17) is 0 Å². The molecule has 0 aliphatic carbocycles. The molecule has 0 fully saturated rings. The lowest BCUT2D eigenvalue weighted by molar-refractivity contribution is 0.176. The van der Waals surface area contributed by atoms with Crippen molar-refractivity contribution >= 4 is 0 Å². The van der Waals surface area contributed by atoms with E-state index >= 15 is 0 Å². The molecular weight excluding hydrogens is 180 g/mol. The fourth-order valence-corrected chi connectivity index (χ4v) is 2.94. The highest BCUT2D eigenvalue weighted by molar-refractivity contribution is 5.23. The first-order valence-corrected chi connectivity index (χ1v) is 5.78. The van der Waals surface area contributed by atoms with Crippen LogP contribution >= 0.6 is 0 Å². The number of hydrogen-bond donors (Lipinski definition) is 0. The van der Waals surface area contributed by atoms with Crippen molar-refractivity contribution in [2.24, 2.45) is 10.8 Å². The third-order valence-electron chi connectivity index (χ3n) is 2.86. The summed E-state index contributed by atoms with van der Waals surface area (Å²) >= 11 is 0. The van der Waals surface area contributed by atoms with Gasteiger partial charge < -0.3 is 0 Å². The van der Waals surface area contributed by atoms with Crippen LogP contribution in [0.1, 0.15) is 53.0 Å². The molecule has 1 rings (SSSR count). The summed E-state index contributed by atoms with van der Waals surface area (Å²) in [6, 6.07) is 10.9. The van der Waals surface area contributed by atoms with Crippen molar-refractivity contribution in [2.75, 3.05) is 0 Å². The second-order valence-corrected chi connectivity index (χ2v) is 6.58. The number of hydrogen-bond acceptors (Lipinski definition) is 0. The topological polar surface area (TPSA) is 0 Å². The molecule has 0 bridgehead atoms. The van der Waals surface area contributed by atoms with Gasteiger partial charge in [-0.25, -0.2) is 0 Å². The summed E-state index contributed by atoms with van der Waals surface area (Å²) in [5.74, 6) is 0.589. The lowest BCUT2D eigenvalue weighted by atomic mass is 9.64. The van der Waals surface area contributed by atoms with E-state index in [2.05, 4.69) is 71.9 Å². The van der Waals surface area contributed by atoms with Gasteiger partial charge in [-0.3, -0.25) is 0 Å². The molecule has 0 atom stereocenters. The Labute approximate surface area is 94.7 Å². The summed E-state index contributed by atoms with van der Waals surface area (Å²) in [5.41, 5.74) is 2.07. The van der Waals surface area contributed by atoms with Crippen molar-refractivity contribution in [1.82, 2.24) is 0 Å². The van der Waals surface area contributed by atoms with Crippen LogP contribution in [0.2, 0.25) is 0 Å². The SMILES string of the molecule is CC(C)(C)C(c1ccccc1)C(C)(C)C. The largest absolute Gasteiger partial charge is 0.0622 e. The minimum Gasteiger partial charge on any atom is -0.0622 e. The molecule has 0 radical (unpaired) electrons. The predicted octanol–water partition coefficient (Wildman–Crippen LogP) is 4.86. The van der Waals surface area contributed by atoms with Crippen LogP contribution in [0.4, 0.5) is 0 Å². The summed E-state index contributed by atoms with van der Waals surface area (Å²) in [6.07, 6.45) is 0. The second kappa shape index (κ2) is 4.00. The summed E-state index contributed by atoms with van der Waals surface area (Å²) in [6.45, 7) is 14.0. The van der Waals surface area contributed by atoms with Gasteiger partial charge in [-0.1, -0.05) is 71.9 Å². The third-order valence-corrected chi connectivity index (χ3v) is 2.86. The molecule has 0 aliphatic rings. The van der Waals surface area contributed by atoms with E-state index in [1.54, 1.807) is 0 Å². The maximum absolute atomic E-state index is 2.33. The minimum absolute atomic E-state index is 0.305. The highest BCUT2D eigenvalue weighted by atomic mass is 14.4. The van der Waals surface area contributed by atoms with Crippen LogP contribution in [0.5, 0.6) is 0 Å². The lowest BCUT2D eigenvalue weighted by Crippen LogP contribution is -2.30. The van der Waals surface area contributed by atoms with E-state index in [9.17, 15) is 0 Å². The van der Waals surface area contributed by atoms with Crippen LogP contribution in [0.15, 0.2) is 30.3 Å². The molecule has 0 saturated carbocycles. The predicted molar refractivity (Wildman–Crippen MR) is 68.1 cm³/mol. The zero-order chi connectivity index (χ0) is 11.7. The molecule has 1 aromatic rings. The van der Waals surface area contributed by atoms with Crippen molar-refractivity contribution in [2.45, 2.75) is 47.5 Å². The second-order valence-electron chi connectivity index (χ2n) is 6.58. The van der Waals surface area contributed by atoms with Crippen LogP contribution in [-0.2, 0) is 0 Å². The highest BCUT2D eigenvalue weighted by Gasteiger charge is 2.35. The fourth-order valence-electron chi connectivity index (χ4n) is 2.94. The third kappa shape index (κ3) is 3.09. The highest BCUT2D eigenvalue weighted by Crippen LogP contribution is 2.46. The van der Waals surface area contributed by atoms with Gasteiger partial charge in [-0.2, -0.15) is 0 Å². The average molecular weight is 204 g/mol. The molecule has 0 saturated heterocycles. The van der Waals surface area contributed by atoms with Gasteiger partial charge in [0.05, 0.1) is 0 Å². The Morgan fingerprint density at radius 3 is 1.47 bits per heavy atom. The van der Waals surface area contributed by atoms with Crippen LogP contribution in [0.25, 0.3) is 0 Å². The van der Waals surface area contributed by atoms with Crippen LogP contribution < -0.4 is 0 Å². The van der Waals surface area contributed by atoms with E-state index in [0.717, 1.165) is 0 Å². The quantitative estimate of drug-likeness (QED) is 0.612. The first kappa shape index (κ1) is 12.3. The Balaban J connectivity index is 3.15. The van der Waals surface area contributed by atoms with Crippen LogP contribution in [0.3, 0.4) is 0 Å². The van der Waals surface area contributed by atoms with E-state index in [1.807, 2.05) is 0 Å².